The highest BCUT2D eigenvalue weighted by Gasteiger charge is 2.31. The number of hydrogen-bond acceptors (Lipinski definition) is 5. The predicted molar refractivity (Wildman–Crippen MR) is 99.5 cm³/mol. The average Bonchev–Trinajstić information content (AvgIpc) is 2.69. The molecule has 1 N–H and O–H groups in total. The summed E-state index contributed by atoms with van der Waals surface area (Å²) in [6.07, 6.45) is 0.824. The third-order valence-electron chi connectivity index (χ3n) is 4.03. The van der Waals surface area contributed by atoms with E-state index >= 15 is 0 Å². The highest BCUT2D eigenvalue weighted by molar-refractivity contribution is 5.86. The van der Waals surface area contributed by atoms with Crippen LogP contribution in [0.25, 0.3) is 11.4 Å². The molecular formula is C19H20F4N4O2. The topological polar surface area (TPSA) is 78.7 Å². The van der Waals surface area contributed by atoms with Crippen LogP contribution in [0.4, 0.5) is 23.2 Å². The van der Waals surface area contributed by atoms with Gasteiger partial charge in [0.2, 0.25) is 0 Å². The van der Waals surface area contributed by atoms with Crippen LogP contribution in [0, 0.1) is 5.82 Å². The molecule has 2 aromatic rings. The van der Waals surface area contributed by atoms with Crippen molar-refractivity contribution in [2.45, 2.75) is 25.4 Å². The molecule has 1 heterocycles. The van der Waals surface area contributed by atoms with E-state index in [9.17, 15) is 22.4 Å². The SMILES string of the molecule is CN(C=Nc1cc(-c2ncc(C(F)(F)F)cn2)c(F)cc1C=O)CCCCCO. The molecule has 0 aliphatic heterocycles. The number of aromatic nitrogens is 2. The molecule has 1 aromatic heterocycles. The Morgan fingerprint density at radius 1 is 1.17 bits per heavy atom. The minimum atomic E-state index is -4.60. The molecule has 0 unspecified atom stereocenters. The molecule has 6 nitrogen and oxygen atoms in total. The van der Waals surface area contributed by atoms with E-state index in [1.807, 2.05) is 0 Å². The van der Waals surface area contributed by atoms with Crippen molar-refractivity contribution in [3.63, 3.8) is 0 Å². The van der Waals surface area contributed by atoms with Crippen molar-refractivity contribution in [2.24, 2.45) is 4.99 Å². The molecule has 0 radical (unpaired) electrons. The van der Waals surface area contributed by atoms with Gasteiger partial charge in [-0.2, -0.15) is 13.2 Å². The van der Waals surface area contributed by atoms with E-state index in [0.29, 0.717) is 31.6 Å². The molecule has 10 heteroatoms. The van der Waals surface area contributed by atoms with Crippen molar-refractivity contribution in [2.75, 3.05) is 20.2 Å². The maximum Gasteiger partial charge on any atom is 0.419 e. The van der Waals surface area contributed by atoms with Crippen LogP contribution in [0.1, 0.15) is 35.2 Å². The Morgan fingerprint density at radius 2 is 1.86 bits per heavy atom. The summed E-state index contributed by atoms with van der Waals surface area (Å²) >= 11 is 0. The zero-order valence-corrected chi connectivity index (χ0v) is 15.7. The lowest BCUT2D eigenvalue weighted by Gasteiger charge is -2.13. The summed E-state index contributed by atoms with van der Waals surface area (Å²) in [6.45, 7) is 0.793. The summed E-state index contributed by atoms with van der Waals surface area (Å²) in [5, 5.41) is 8.77. The van der Waals surface area contributed by atoms with Gasteiger partial charge in [0, 0.05) is 38.2 Å². The van der Waals surface area contributed by atoms with E-state index in [2.05, 4.69) is 15.0 Å². The summed E-state index contributed by atoms with van der Waals surface area (Å²) in [5.41, 5.74) is -1.08. The molecule has 0 aliphatic carbocycles. The van der Waals surface area contributed by atoms with Crippen molar-refractivity contribution in [1.29, 1.82) is 0 Å². The van der Waals surface area contributed by atoms with Crippen LogP contribution < -0.4 is 0 Å². The number of aliphatic imine (C=N–C) groups is 1. The number of rotatable bonds is 9. The number of carbonyl (C=O) groups is 1. The second-order valence-electron chi connectivity index (χ2n) is 6.31. The Morgan fingerprint density at radius 3 is 2.45 bits per heavy atom. The quantitative estimate of drug-likeness (QED) is 0.222. The first-order valence-corrected chi connectivity index (χ1v) is 8.80. The molecule has 0 bridgehead atoms. The zero-order chi connectivity index (χ0) is 21.4. The van der Waals surface area contributed by atoms with Crippen molar-refractivity contribution < 1.29 is 27.5 Å². The van der Waals surface area contributed by atoms with Crippen LogP contribution in [-0.4, -0.2) is 52.8 Å². The summed E-state index contributed by atoms with van der Waals surface area (Å²) in [4.78, 5) is 24.4. The minimum Gasteiger partial charge on any atom is -0.396 e. The molecule has 1 aromatic carbocycles. The Kier molecular flexibility index (Phi) is 7.77. The number of hydrogen-bond donors (Lipinski definition) is 1. The summed E-state index contributed by atoms with van der Waals surface area (Å²) < 4.78 is 52.3. The number of aliphatic hydroxyl groups is 1. The van der Waals surface area contributed by atoms with Crippen LogP contribution >= 0.6 is 0 Å². The summed E-state index contributed by atoms with van der Waals surface area (Å²) in [6, 6.07) is 2.16. The fourth-order valence-electron chi connectivity index (χ4n) is 2.44. The monoisotopic (exact) mass is 412 g/mol. The number of aldehydes is 1. The third kappa shape index (κ3) is 6.31. The lowest BCUT2D eigenvalue weighted by Crippen LogP contribution is -2.17. The molecule has 0 aliphatic rings. The van der Waals surface area contributed by atoms with Gasteiger partial charge in [-0.05, 0) is 31.4 Å². The average molecular weight is 412 g/mol. The highest BCUT2D eigenvalue weighted by Crippen LogP contribution is 2.31. The molecule has 2 rings (SSSR count). The van der Waals surface area contributed by atoms with Gasteiger partial charge < -0.3 is 10.0 Å². The van der Waals surface area contributed by atoms with E-state index in [1.54, 1.807) is 11.9 Å². The highest BCUT2D eigenvalue weighted by atomic mass is 19.4. The van der Waals surface area contributed by atoms with Crippen molar-refractivity contribution in [3.8, 4) is 11.4 Å². The largest absolute Gasteiger partial charge is 0.419 e. The van der Waals surface area contributed by atoms with Gasteiger partial charge in [-0.3, -0.25) is 4.79 Å². The molecule has 156 valence electrons. The second-order valence-corrected chi connectivity index (χ2v) is 6.31. The fraction of sp³-hybridized carbons (Fsp3) is 0.368. The first-order chi connectivity index (χ1) is 13.8. The molecular weight excluding hydrogens is 392 g/mol. The number of alkyl halides is 3. The molecule has 0 spiro atoms. The van der Waals surface area contributed by atoms with E-state index in [1.165, 1.54) is 12.4 Å². The molecule has 0 saturated carbocycles. The van der Waals surface area contributed by atoms with Gasteiger partial charge in [-0.15, -0.1) is 0 Å². The maximum atomic E-state index is 14.3. The Balaban J connectivity index is 2.25. The van der Waals surface area contributed by atoms with Crippen LogP contribution in [-0.2, 0) is 6.18 Å². The van der Waals surface area contributed by atoms with Crippen molar-refractivity contribution in [1.82, 2.24) is 14.9 Å². The zero-order valence-electron chi connectivity index (χ0n) is 15.7. The predicted octanol–water partition coefficient (Wildman–Crippen LogP) is 3.87. The Labute approximate surface area is 164 Å². The second kappa shape index (κ2) is 10.1. The van der Waals surface area contributed by atoms with Crippen LogP contribution in [0.3, 0.4) is 0 Å². The molecule has 29 heavy (non-hydrogen) atoms. The van der Waals surface area contributed by atoms with E-state index in [4.69, 9.17) is 5.11 Å². The Bertz CT molecular complexity index is 855. The lowest BCUT2D eigenvalue weighted by molar-refractivity contribution is -0.138. The number of halogens is 4. The van der Waals surface area contributed by atoms with Gasteiger partial charge in [0.1, 0.15) is 5.82 Å². The van der Waals surface area contributed by atoms with Crippen molar-refractivity contribution >= 4 is 18.3 Å². The van der Waals surface area contributed by atoms with Crippen LogP contribution in [0.15, 0.2) is 29.5 Å². The van der Waals surface area contributed by atoms with Gasteiger partial charge in [0.05, 0.1) is 23.2 Å². The first-order valence-electron chi connectivity index (χ1n) is 8.80. The molecule has 0 saturated heterocycles. The summed E-state index contributed by atoms with van der Waals surface area (Å²) in [5.74, 6) is -1.09. The van der Waals surface area contributed by atoms with Gasteiger partial charge in [-0.25, -0.2) is 19.4 Å². The number of nitrogens with zero attached hydrogens (tertiary/aromatic N) is 4. The fourth-order valence-corrected chi connectivity index (χ4v) is 2.44. The Hall–Kier alpha value is -2.88. The van der Waals surface area contributed by atoms with E-state index in [-0.39, 0.29) is 29.2 Å². The van der Waals surface area contributed by atoms with Gasteiger partial charge in [0.25, 0.3) is 0 Å². The number of carbonyl (C=O) groups excluding carboxylic acids is 1. The van der Waals surface area contributed by atoms with Gasteiger partial charge >= 0.3 is 6.18 Å². The number of unbranched alkanes of at least 4 members (excludes halogenated alkanes) is 2. The molecule has 0 fully saturated rings. The smallest absolute Gasteiger partial charge is 0.396 e. The third-order valence-corrected chi connectivity index (χ3v) is 4.03. The minimum absolute atomic E-state index is 0.0110. The van der Waals surface area contributed by atoms with E-state index in [0.717, 1.165) is 18.9 Å². The first kappa shape index (κ1) is 22.4. The van der Waals surface area contributed by atoms with E-state index < -0.39 is 17.6 Å². The van der Waals surface area contributed by atoms with Gasteiger partial charge in [0.15, 0.2) is 12.1 Å². The maximum absolute atomic E-state index is 14.3. The van der Waals surface area contributed by atoms with Crippen molar-refractivity contribution in [3.05, 3.63) is 41.5 Å². The number of benzene rings is 1. The van der Waals surface area contributed by atoms with Gasteiger partial charge in [-0.1, -0.05) is 0 Å². The molecule has 0 atom stereocenters. The standard InChI is InChI=1S/C19H20F4N4O2/c1-27(5-3-2-4-6-28)12-26-17-8-15(16(20)7-13(17)11-29)18-24-9-14(10-25-18)19(21,22)23/h7-12,28H,2-6H2,1H3. The summed E-state index contributed by atoms with van der Waals surface area (Å²) in [7, 11) is 1.77. The molecule has 0 amide bonds. The van der Waals surface area contributed by atoms with Crippen LogP contribution in [0.2, 0.25) is 0 Å². The number of aliphatic hydroxyl groups excluding tert-OH is 1. The van der Waals surface area contributed by atoms with Crippen LogP contribution in [0.5, 0.6) is 0 Å². The normalized spacial score (nSPS) is 11.8. The lowest BCUT2D eigenvalue weighted by atomic mass is 10.1.